The first-order valence-electron chi connectivity index (χ1n) is 28.0. The minimum Gasteiger partial charge on any atom is -0.498 e. The summed E-state index contributed by atoms with van der Waals surface area (Å²) < 4.78 is 17.5. The molecule has 0 aromatic carbocycles. The van der Waals surface area contributed by atoms with E-state index in [1.54, 1.807) is 6.08 Å². The van der Waals surface area contributed by atoms with Gasteiger partial charge >= 0.3 is 11.9 Å². The van der Waals surface area contributed by atoms with Gasteiger partial charge in [-0.05, 0) is 114 Å². The van der Waals surface area contributed by atoms with Crippen LogP contribution in [0.5, 0.6) is 0 Å². The molecule has 0 N–H and O–H groups in total. The molecule has 2 aliphatic rings. The van der Waals surface area contributed by atoms with Crippen molar-refractivity contribution in [3.8, 4) is 0 Å². The maximum atomic E-state index is 13.2. The number of carbonyl (C=O) groups excluding carboxylic acids is 6. The quantitative estimate of drug-likeness (QED) is 0.0252. The first-order chi connectivity index (χ1) is 33.9. The van der Waals surface area contributed by atoms with Crippen LogP contribution < -0.4 is 0 Å². The molecule has 2 aliphatic heterocycles. The summed E-state index contributed by atoms with van der Waals surface area (Å²) >= 11 is 0. The summed E-state index contributed by atoms with van der Waals surface area (Å²) in [7, 11) is 2.13. The van der Waals surface area contributed by atoms with Crippen LogP contribution in [0.2, 0.25) is 0 Å². The van der Waals surface area contributed by atoms with E-state index >= 15 is 0 Å². The first-order valence-corrected chi connectivity index (χ1v) is 28.0. The van der Waals surface area contributed by atoms with E-state index in [1.807, 2.05) is 30.9 Å². The number of amides is 1. The third-order valence-corrected chi connectivity index (χ3v) is 14.2. The van der Waals surface area contributed by atoms with Gasteiger partial charge in [0.2, 0.25) is 5.91 Å². The number of carbonyl (C=O) groups is 6. The Morgan fingerprint density at radius 3 is 1.73 bits per heavy atom. The molecule has 0 aliphatic carbocycles. The number of allylic oxidation sites excluding steroid dienone is 6. The van der Waals surface area contributed by atoms with Gasteiger partial charge in [0, 0.05) is 57.4 Å². The van der Waals surface area contributed by atoms with Gasteiger partial charge in [-0.2, -0.15) is 0 Å². The van der Waals surface area contributed by atoms with Gasteiger partial charge < -0.3 is 24.0 Å². The van der Waals surface area contributed by atoms with E-state index in [0.29, 0.717) is 45.1 Å². The van der Waals surface area contributed by atoms with E-state index in [4.69, 9.17) is 14.2 Å². The fourth-order valence-corrected chi connectivity index (χ4v) is 9.79. The Morgan fingerprint density at radius 1 is 0.614 bits per heavy atom. The Morgan fingerprint density at radius 2 is 1.14 bits per heavy atom. The molecule has 5 atom stereocenters. The fraction of sp³-hybridized carbons (Fsp3) is 0.763. The standard InChI is InChI=1S/C59H98N2O9/c1-7-11-12-13-26-30-38-69-58(66)44-51(40-53(63)9-3)42-55(10-4)68-37-29-27-24-22-20-18-16-14-15-17-19-21-23-25-28-33-54(64)41-50(39-52(62)8-2)45-59(67)70-56-47-61(46-48(56)5)57(65)43-49-32-31-35-60(6)36-34-49/h8-10,28,33,48-51,56H,2-3,7,11-27,29-32,34-47H2,1,4-6H3/b33-28-,55-10+/t48-,49?,50?,51?,56-/m0/s1. The Hall–Kier alpha value is -3.86. The van der Waals surface area contributed by atoms with Crippen molar-refractivity contribution in [2.75, 3.05) is 46.4 Å². The van der Waals surface area contributed by atoms with E-state index in [9.17, 15) is 28.8 Å². The molecule has 0 aromatic heterocycles. The number of hydrogen-bond donors (Lipinski definition) is 0. The van der Waals surface area contributed by atoms with Crippen LogP contribution in [-0.4, -0.2) is 97.5 Å². The topological polar surface area (TPSA) is 137 Å². The molecule has 0 radical (unpaired) electrons. The maximum absolute atomic E-state index is 13.2. The van der Waals surface area contributed by atoms with Crippen LogP contribution in [0.1, 0.15) is 213 Å². The summed E-state index contributed by atoms with van der Waals surface area (Å²) in [5.74, 6) is -0.255. The lowest BCUT2D eigenvalue weighted by atomic mass is 9.92. The van der Waals surface area contributed by atoms with Crippen LogP contribution in [0, 0.1) is 23.7 Å². The van der Waals surface area contributed by atoms with Crippen LogP contribution in [0.3, 0.4) is 0 Å². The highest BCUT2D eigenvalue weighted by Gasteiger charge is 2.36. The molecule has 2 heterocycles. The van der Waals surface area contributed by atoms with Gasteiger partial charge in [0.15, 0.2) is 17.3 Å². The van der Waals surface area contributed by atoms with E-state index in [1.165, 1.54) is 95.6 Å². The van der Waals surface area contributed by atoms with E-state index in [0.717, 1.165) is 83.1 Å². The number of unbranched alkanes of at least 4 members (excludes halogenated alkanes) is 18. The molecule has 11 heteroatoms. The predicted octanol–water partition coefficient (Wildman–Crippen LogP) is 13.0. The van der Waals surface area contributed by atoms with Crippen molar-refractivity contribution >= 4 is 35.2 Å². The van der Waals surface area contributed by atoms with Gasteiger partial charge in [0.25, 0.3) is 0 Å². The fourth-order valence-electron chi connectivity index (χ4n) is 9.79. The van der Waals surface area contributed by atoms with Gasteiger partial charge in [-0.3, -0.25) is 28.8 Å². The lowest BCUT2D eigenvalue weighted by Crippen LogP contribution is -2.32. The average Bonchev–Trinajstić information content (AvgIpc) is 3.57. The molecule has 0 bridgehead atoms. The smallest absolute Gasteiger partial charge is 0.306 e. The second-order valence-electron chi connectivity index (χ2n) is 20.8. The molecule has 2 saturated heterocycles. The zero-order valence-corrected chi connectivity index (χ0v) is 44.7. The highest BCUT2D eigenvalue weighted by molar-refractivity contribution is 5.93. The minimum atomic E-state index is -0.459. The summed E-state index contributed by atoms with van der Waals surface area (Å²) in [5.41, 5.74) is 0. The van der Waals surface area contributed by atoms with Crippen LogP contribution in [0.4, 0.5) is 0 Å². The third-order valence-electron chi connectivity index (χ3n) is 14.2. The normalized spacial score (nSPS) is 18.5. The molecule has 11 nitrogen and oxygen atoms in total. The number of nitrogens with zero attached hydrogens (tertiary/aromatic N) is 2. The molecule has 1 amide bonds. The van der Waals surface area contributed by atoms with Crippen molar-refractivity contribution in [2.24, 2.45) is 23.7 Å². The molecule has 0 spiro atoms. The Bertz CT molecular complexity index is 1590. The number of rotatable bonds is 42. The van der Waals surface area contributed by atoms with Crippen LogP contribution >= 0.6 is 0 Å². The third kappa shape index (κ3) is 30.8. The molecule has 0 aromatic rings. The zero-order chi connectivity index (χ0) is 51.2. The van der Waals surface area contributed by atoms with Crippen molar-refractivity contribution in [3.63, 3.8) is 0 Å². The van der Waals surface area contributed by atoms with Crippen molar-refractivity contribution < 1.29 is 43.0 Å². The summed E-state index contributed by atoms with van der Waals surface area (Å²) in [6.07, 6.45) is 35.7. The monoisotopic (exact) mass is 979 g/mol. The summed E-state index contributed by atoms with van der Waals surface area (Å²) in [4.78, 5) is 80.4. The number of ketones is 3. The summed E-state index contributed by atoms with van der Waals surface area (Å²) in [5, 5.41) is 0. The molecule has 2 fully saturated rings. The lowest BCUT2D eigenvalue weighted by Gasteiger charge is -2.21. The van der Waals surface area contributed by atoms with Gasteiger partial charge in [0.05, 0.1) is 25.5 Å². The van der Waals surface area contributed by atoms with Crippen molar-refractivity contribution in [2.45, 2.75) is 219 Å². The zero-order valence-electron chi connectivity index (χ0n) is 44.7. The van der Waals surface area contributed by atoms with Crippen molar-refractivity contribution in [1.29, 1.82) is 0 Å². The van der Waals surface area contributed by atoms with Crippen LogP contribution in [0.15, 0.2) is 49.3 Å². The number of esters is 2. The van der Waals surface area contributed by atoms with Gasteiger partial charge in [-0.15, -0.1) is 0 Å². The van der Waals surface area contributed by atoms with Crippen molar-refractivity contribution in [3.05, 3.63) is 49.3 Å². The van der Waals surface area contributed by atoms with E-state index in [2.05, 4.69) is 32.0 Å². The largest absolute Gasteiger partial charge is 0.498 e. The van der Waals surface area contributed by atoms with Gasteiger partial charge in [-0.25, -0.2) is 0 Å². The molecule has 2 rings (SSSR count). The molecular weight excluding hydrogens is 881 g/mol. The Balaban J connectivity index is 1.52. The highest BCUT2D eigenvalue weighted by atomic mass is 16.5. The average molecular weight is 979 g/mol. The molecule has 70 heavy (non-hydrogen) atoms. The number of hydrogen-bond acceptors (Lipinski definition) is 10. The summed E-state index contributed by atoms with van der Waals surface area (Å²) in [6, 6.07) is 0. The number of ether oxygens (including phenoxy) is 3. The van der Waals surface area contributed by atoms with Gasteiger partial charge in [-0.1, -0.05) is 136 Å². The first kappa shape index (κ1) is 62.3. The lowest BCUT2D eigenvalue weighted by molar-refractivity contribution is -0.152. The van der Waals surface area contributed by atoms with Gasteiger partial charge in [0.1, 0.15) is 6.10 Å². The van der Waals surface area contributed by atoms with E-state index < -0.39 is 11.9 Å². The van der Waals surface area contributed by atoms with Crippen LogP contribution in [0.25, 0.3) is 0 Å². The SMILES string of the molecule is C=CC(=O)CC(CC(=O)/C=C\CCCCCCCCCCCCCCCO/C(=C/C)CC(CC(=O)C=C)CC(=O)OCCCCCCCC)CC(=O)O[C@H]1CN(C(=O)CC2CCCN(C)CC2)C[C@@H]1C. The molecule has 398 valence electrons. The minimum absolute atomic E-state index is 0.0198. The molecular formula is C59H98N2O9. The highest BCUT2D eigenvalue weighted by Crippen LogP contribution is 2.27. The Labute approximate surface area is 425 Å². The second kappa shape index (κ2) is 39.7. The van der Waals surface area contributed by atoms with Crippen LogP contribution in [-0.2, 0) is 43.0 Å². The Kier molecular flexibility index (Phi) is 35.3. The molecule has 0 saturated carbocycles. The van der Waals surface area contributed by atoms with Crippen molar-refractivity contribution in [1.82, 2.24) is 9.80 Å². The summed E-state index contributed by atoms with van der Waals surface area (Å²) in [6.45, 7) is 17.5. The second-order valence-corrected chi connectivity index (χ2v) is 20.8. The maximum Gasteiger partial charge on any atom is 0.306 e. The number of likely N-dealkylation sites (tertiary alicyclic amines) is 2. The molecule has 3 unspecified atom stereocenters. The predicted molar refractivity (Wildman–Crippen MR) is 283 cm³/mol. The van der Waals surface area contributed by atoms with E-state index in [-0.39, 0.29) is 79.3 Å².